The Morgan fingerprint density at radius 1 is 1.18 bits per heavy atom. The Bertz CT molecular complexity index is 340. The number of hydrogen-bond acceptors (Lipinski definition) is 2. The number of ether oxygens (including phenoxy) is 1. The van der Waals surface area contributed by atoms with Crippen LogP contribution in [0.2, 0.25) is 0 Å². The van der Waals surface area contributed by atoms with Gasteiger partial charge in [-0.05, 0) is 50.4 Å². The quantitative estimate of drug-likeness (QED) is 0.731. The molecule has 0 spiro atoms. The molecule has 2 heteroatoms. The smallest absolute Gasteiger partial charge is 0.119 e. The zero-order valence-electron chi connectivity index (χ0n) is 11.0. The standard InChI is InChI=1S/C15H23NO/c1-3-11-16-12-15(9-10-15)13-5-7-14(8-6-13)17-4-2/h5-8,16H,3-4,9-12H2,1-2H3. The molecule has 0 atom stereocenters. The van der Waals surface area contributed by atoms with Crippen LogP contribution in [0.1, 0.15) is 38.7 Å². The minimum Gasteiger partial charge on any atom is -0.494 e. The summed E-state index contributed by atoms with van der Waals surface area (Å²) in [6.07, 6.45) is 3.84. The predicted molar refractivity (Wildman–Crippen MR) is 71.7 cm³/mol. The predicted octanol–water partition coefficient (Wildman–Crippen LogP) is 3.12. The molecule has 1 aromatic carbocycles. The minimum atomic E-state index is 0.417. The van der Waals surface area contributed by atoms with E-state index in [1.54, 1.807) is 0 Å². The van der Waals surface area contributed by atoms with Gasteiger partial charge in [0, 0.05) is 12.0 Å². The third-order valence-corrected chi connectivity index (χ3v) is 3.52. The summed E-state index contributed by atoms with van der Waals surface area (Å²) in [6, 6.07) is 8.65. The first-order chi connectivity index (χ1) is 8.30. The van der Waals surface area contributed by atoms with Gasteiger partial charge in [0.25, 0.3) is 0 Å². The largest absolute Gasteiger partial charge is 0.494 e. The van der Waals surface area contributed by atoms with Crippen LogP contribution in [0.15, 0.2) is 24.3 Å². The van der Waals surface area contributed by atoms with E-state index in [1.165, 1.54) is 24.8 Å². The van der Waals surface area contributed by atoms with E-state index in [2.05, 4.69) is 36.5 Å². The normalized spacial score (nSPS) is 16.8. The van der Waals surface area contributed by atoms with Crippen molar-refractivity contribution in [2.24, 2.45) is 0 Å². The molecular formula is C15H23NO. The highest BCUT2D eigenvalue weighted by atomic mass is 16.5. The summed E-state index contributed by atoms with van der Waals surface area (Å²) in [5.74, 6) is 0.980. The Morgan fingerprint density at radius 3 is 2.41 bits per heavy atom. The molecule has 0 radical (unpaired) electrons. The van der Waals surface area contributed by atoms with Crippen molar-refractivity contribution in [3.05, 3.63) is 29.8 Å². The molecule has 0 aliphatic heterocycles. The molecular weight excluding hydrogens is 210 g/mol. The summed E-state index contributed by atoms with van der Waals surface area (Å²) in [5.41, 5.74) is 1.88. The number of rotatable bonds is 7. The van der Waals surface area contributed by atoms with Gasteiger partial charge in [0.15, 0.2) is 0 Å². The van der Waals surface area contributed by atoms with Crippen molar-refractivity contribution < 1.29 is 4.74 Å². The summed E-state index contributed by atoms with van der Waals surface area (Å²) >= 11 is 0. The maximum Gasteiger partial charge on any atom is 0.119 e. The van der Waals surface area contributed by atoms with Crippen LogP contribution in [0.3, 0.4) is 0 Å². The molecule has 0 heterocycles. The molecule has 1 N–H and O–H groups in total. The second kappa shape index (κ2) is 5.54. The van der Waals surface area contributed by atoms with Crippen LogP contribution >= 0.6 is 0 Å². The molecule has 0 aromatic heterocycles. The highest BCUT2D eigenvalue weighted by molar-refractivity contribution is 5.36. The van der Waals surface area contributed by atoms with Crippen molar-refractivity contribution in [1.29, 1.82) is 0 Å². The Labute approximate surface area is 104 Å². The molecule has 1 fully saturated rings. The lowest BCUT2D eigenvalue weighted by Crippen LogP contribution is -2.27. The van der Waals surface area contributed by atoms with E-state index < -0.39 is 0 Å². The minimum absolute atomic E-state index is 0.417. The van der Waals surface area contributed by atoms with Crippen LogP contribution in [0.25, 0.3) is 0 Å². The topological polar surface area (TPSA) is 21.3 Å². The van der Waals surface area contributed by atoms with Gasteiger partial charge in [0.2, 0.25) is 0 Å². The molecule has 0 amide bonds. The Hall–Kier alpha value is -1.02. The van der Waals surface area contributed by atoms with Crippen molar-refractivity contribution in [2.45, 2.75) is 38.5 Å². The van der Waals surface area contributed by atoms with E-state index >= 15 is 0 Å². The van der Waals surface area contributed by atoms with Gasteiger partial charge >= 0.3 is 0 Å². The summed E-state index contributed by atoms with van der Waals surface area (Å²) < 4.78 is 5.48. The van der Waals surface area contributed by atoms with Gasteiger partial charge < -0.3 is 10.1 Å². The van der Waals surface area contributed by atoms with Gasteiger partial charge in [-0.3, -0.25) is 0 Å². The SMILES string of the molecule is CCCNCC1(c2ccc(OCC)cc2)CC1. The first kappa shape index (κ1) is 12.4. The fourth-order valence-electron chi connectivity index (χ4n) is 2.29. The van der Waals surface area contributed by atoms with Crippen molar-refractivity contribution in [1.82, 2.24) is 5.32 Å². The van der Waals surface area contributed by atoms with Gasteiger partial charge in [-0.1, -0.05) is 19.1 Å². The summed E-state index contributed by atoms with van der Waals surface area (Å²) in [7, 11) is 0. The number of benzene rings is 1. The summed E-state index contributed by atoms with van der Waals surface area (Å²) in [4.78, 5) is 0. The zero-order chi connectivity index (χ0) is 12.1. The maximum atomic E-state index is 5.48. The first-order valence-electron chi connectivity index (χ1n) is 6.75. The summed E-state index contributed by atoms with van der Waals surface area (Å²) in [6.45, 7) is 7.21. The third kappa shape index (κ3) is 3.01. The van der Waals surface area contributed by atoms with E-state index in [9.17, 15) is 0 Å². The average Bonchev–Trinajstić information content (AvgIpc) is 3.12. The third-order valence-electron chi connectivity index (χ3n) is 3.52. The van der Waals surface area contributed by atoms with Gasteiger partial charge in [-0.25, -0.2) is 0 Å². The molecule has 0 bridgehead atoms. The van der Waals surface area contributed by atoms with Gasteiger partial charge in [0.1, 0.15) is 5.75 Å². The van der Waals surface area contributed by atoms with Gasteiger partial charge in [-0.2, -0.15) is 0 Å². The lowest BCUT2D eigenvalue weighted by Gasteiger charge is -2.17. The van der Waals surface area contributed by atoms with Gasteiger partial charge in [-0.15, -0.1) is 0 Å². The molecule has 1 aliphatic rings. The molecule has 1 saturated carbocycles. The zero-order valence-corrected chi connectivity index (χ0v) is 11.0. The molecule has 1 aliphatic carbocycles. The van der Waals surface area contributed by atoms with E-state index in [-0.39, 0.29) is 0 Å². The van der Waals surface area contributed by atoms with E-state index in [0.717, 1.165) is 25.4 Å². The Kier molecular flexibility index (Phi) is 4.06. The first-order valence-corrected chi connectivity index (χ1v) is 6.75. The van der Waals surface area contributed by atoms with Gasteiger partial charge in [0.05, 0.1) is 6.61 Å². The molecule has 94 valence electrons. The van der Waals surface area contributed by atoms with Crippen LogP contribution in [-0.2, 0) is 5.41 Å². The highest BCUT2D eigenvalue weighted by Gasteiger charge is 2.43. The van der Waals surface area contributed by atoms with Crippen LogP contribution in [0.5, 0.6) is 5.75 Å². The number of nitrogens with one attached hydrogen (secondary N) is 1. The number of hydrogen-bond donors (Lipinski definition) is 1. The molecule has 1 aromatic rings. The van der Waals surface area contributed by atoms with Crippen molar-refractivity contribution >= 4 is 0 Å². The summed E-state index contributed by atoms with van der Waals surface area (Å²) in [5, 5.41) is 3.54. The van der Waals surface area contributed by atoms with Crippen molar-refractivity contribution in [3.63, 3.8) is 0 Å². The lowest BCUT2D eigenvalue weighted by atomic mass is 9.96. The van der Waals surface area contributed by atoms with Crippen LogP contribution < -0.4 is 10.1 Å². The van der Waals surface area contributed by atoms with Crippen LogP contribution in [0, 0.1) is 0 Å². The van der Waals surface area contributed by atoms with Crippen molar-refractivity contribution in [2.75, 3.05) is 19.7 Å². The fourth-order valence-corrected chi connectivity index (χ4v) is 2.29. The Morgan fingerprint density at radius 2 is 1.88 bits per heavy atom. The van der Waals surface area contributed by atoms with Crippen LogP contribution in [-0.4, -0.2) is 19.7 Å². The second-order valence-electron chi connectivity index (χ2n) is 4.91. The molecule has 17 heavy (non-hydrogen) atoms. The molecule has 0 saturated heterocycles. The molecule has 2 rings (SSSR count). The van der Waals surface area contributed by atoms with E-state index in [1.807, 2.05) is 6.92 Å². The second-order valence-corrected chi connectivity index (χ2v) is 4.91. The van der Waals surface area contributed by atoms with Crippen LogP contribution in [0.4, 0.5) is 0 Å². The fraction of sp³-hybridized carbons (Fsp3) is 0.600. The lowest BCUT2D eigenvalue weighted by molar-refractivity contribution is 0.340. The monoisotopic (exact) mass is 233 g/mol. The van der Waals surface area contributed by atoms with Crippen molar-refractivity contribution in [3.8, 4) is 5.75 Å². The van der Waals surface area contributed by atoms with E-state index in [4.69, 9.17) is 4.74 Å². The molecule has 2 nitrogen and oxygen atoms in total. The molecule has 0 unspecified atom stereocenters. The van der Waals surface area contributed by atoms with E-state index in [0.29, 0.717) is 5.41 Å². The Balaban J connectivity index is 1.96. The average molecular weight is 233 g/mol. The maximum absolute atomic E-state index is 5.48. The highest BCUT2D eigenvalue weighted by Crippen LogP contribution is 2.47.